The van der Waals surface area contributed by atoms with E-state index in [2.05, 4.69) is 4.99 Å². The van der Waals surface area contributed by atoms with Gasteiger partial charge in [0.1, 0.15) is 5.76 Å². The highest BCUT2D eigenvalue weighted by atomic mass is 16.3. The smallest absolute Gasteiger partial charge is 0.125 e. The van der Waals surface area contributed by atoms with E-state index in [1.54, 1.807) is 6.08 Å². The predicted octanol–water partition coefficient (Wildman–Crippen LogP) is 3.00. The fourth-order valence-electron chi connectivity index (χ4n) is 1.94. The van der Waals surface area contributed by atoms with Crippen LogP contribution in [0.25, 0.3) is 5.57 Å². The largest absolute Gasteiger partial charge is 0.507 e. The highest BCUT2D eigenvalue weighted by molar-refractivity contribution is 6.30. The highest BCUT2D eigenvalue weighted by Gasteiger charge is 2.24. The maximum atomic E-state index is 9.74. The number of para-hydroxylation sites is 1. The van der Waals surface area contributed by atoms with Crippen molar-refractivity contribution in [3.8, 4) is 0 Å². The van der Waals surface area contributed by atoms with Gasteiger partial charge in [0.25, 0.3) is 0 Å². The Kier molecular flexibility index (Phi) is 1.39. The monoisotopic (exact) mass is 183 g/mol. The molecule has 0 saturated carbocycles. The summed E-state index contributed by atoms with van der Waals surface area (Å²) in [4.78, 5) is 4.47. The van der Waals surface area contributed by atoms with Gasteiger partial charge in [-0.15, -0.1) is 0 Å². The van der Waals surface area contributed by atoms with Crippen LogP contribution in [-0.2, 0) is 0 Å². The summed E-state index contributed by atoms with van der Waals surface area (Å²) >= 11 is 0. The zero-order valence-electron chi connectivity index (χ0n) is 7.57. The Morgan fingerprint density at radius 3 is 3.00 bits per heavy atom. The van der Waals surface area contributed by atoms with Crippen molar-refractivity contribution in [2.45, 2.75) is 6.42 Å². The van der Waals surface area contributed by atoms with E-state index in [9.17, 15) is 5.11 Å². The Morgan fingerprint density at radius 2 is 2.07 bits per heavy atom. The molecule has 2 aliphatic rings. The fraction of sp³-hybridized carbons (Fsp3) is 0.0833. The number of fused-ring (bicyclic) bond motifs is 3. The Bertz CT molecular complexity index is 495. The average molecular weight is 183 g/mol. The number of aliphatic hydroxyl groups is 1. The molecule has 0 unspecified atom stereocenters. The molecule has 0 saturated heterocycles. The molecule has 1 heterocycles. The molecule has 0 aromatic heterocycles. The van der Waals surface area contributed by atoms with Crippen molar-refractivity contribution >= 4 is 17.0 Å². The van der Waals surface area contributed by atoms with Crippen LogP contribution in [0.5, 0.6) is 0 Å². The normalized spacial score (nSPS) is 17.9. The minimum Gasteiger partial charge on any atom is -0.507 e. The number of benzene rings is 1. The number of rotatable bonds is 0. The third-order valence-corrected chi connectivity index (χ3v) is 2.56. The van der Waals surface area contributed by atoms with E-state index in [4.69, 9.17) is 0 Å². The lowest BCUT2D eigenvalue weighted by atomic mass is 9.96. The number of hydrogen-bond donors (Lipinski definition) is 1. The average Bonchev–Trinajstić information content (AvgIpc) is 2.57. The molecule has 0 spiro atoms. The van der Waals surface area contributed by atoms with Gasteiger partial charge in [-0.05, 0) is 12.1 Å². The Labute approximate surface area is 81.9 Å². The molecule has 0 amide bonds. The van der Waals surface area contributed by atoms with E-state index in [1.807, 2.05) is 30.3 Å². The second kappa shape index (κ2) is 2.58. The molecule has 2 nitrogen and oxygen atoms in total. The molecular weight excluding hydrogens is 174 g/mol. The molecule has 3 rings (SSSR count). The van der Waals surface area contributed by atoms with Crippen molar-refractivity contribution in [1.82, 2.24) is 0 Å². The first-order valence-electron chi connectivity index (χ1n) is 4.63. The molecule has 0 atom stereocenters. The molecular formula is C12H9NO. The quantitative estimate of drug-likeness (QED) is 0.658. The second-order valence-corrected chi connectivity index (χ2v) is 3.44. The molecule has 1 aliphatic heterocycles. The third kappa shape index (κ3) is 0.880. The molecule has 1 N–H and O–H groups in total. The van der Waals surface area contributed by atoms with Gasteiger partial charge in [-0.1, -0.05) is 24.3 Å². The van der Waals surface area contributed by atoms with Crippen LogP contribution >= 0.6 is 0 Å². The molecule has 0 radical (unpaired) electrons. The topological polar surface area (TPSA) is 32.6 Å². The van der Waals surface area contributed by atoms with Crippen molar-refractivity contribution in [3.63, 3.8) is 0 Å². The first kappa shape index (κ1) is 7.56. The summed E-state index contributed by atoms with van der Waals surface area (Å²) in [5, 5.41) is 9.74. The molecule has 1 aromatic carbocycles. The summed E-state index contributed by atoms with van der Waals surface area (Å²) in [7, 11) is 0. The van der Waals surface area contributed by atoms with Crippen molar-refractivity contribution in [1.29, 1.82) is 0 Å². The zero-order chi connectivity index (χ0) is 9.54. The Balaban J connectivity index is 2.31. The van der Waals surface area contributed by atoms with E-state index >= 15 is 0 Å². The number of aliphatic imine (C=N–C) groups is 1. The van der Waals surface area contributed by atoms with Gasteiger partial charge in [0.2, 0.25) is 0 Å². The molecule has 14 heavy (non-hydrogen) atoms. The summed E-state index contributed by atoms with van der Waals surface area (Å²) in [5.41, 5.74) is 3.89. The van der Waals surface area contributed by atoms with Crippen LogP contribution in [0, 0.1) is 0 Å². The minimum absolute atomic E-state index is 0.333. The summed E-state index contributed by atoms with van der Waals surface area (Å²) < 4.78 is 0. The first-order chi connectivity index (χ1) is 6.86. The van der Waals surface area contributed by atoms with Gasteiger partial charge in [-0.3, -0.25) is 4.99 Å². The standard InChI is InChI=1S/C12H9NO/c14-11-7-3-6-10-12(11)8-4-1-2-5-9(8)13-10/h1-5,7,14H,6H2. The van der Waals surface area contributed by atoms with Crippen molar-refractivity contribution in [2.24, 2.45) is 4.99 Å². The predicted molar refractivity (Wildman–Crippen MR) is 56.8 cm³/mol. The number of allylic oxidation sites excluding steroid dienone is 3. The Hall–Kier alpha value is -1.83. The summed E-state index contributed by atoms with van der Waals surface area (Å²) in [6.07, 6.45) is 4.49. The van der Waals surface area contributed by atoms with Crippen LogP contribution in [-0.4, -0.2) is 10.8 Å². The molecule has 0 bridgehead atoms. The highest BCUT2D eigenvalue weighted by Crippen LogP contribution is 2.38. The first-order valence-corrected chi connectivity index (χ1v) is 4.63. The third-order valence-electron chi connectivity index (χ3n) is 2.56. The zero-order valence-corrected chi connectivity index (χ0v) is 7.57. The molecule has 68 valence electrons. The SMILES string of the molecule is OC1=C2C(=Nc3ccccc32)CC=C1. The van der Waals surface area contributed by atoms with Crippen molar-refractivity contribution < 1.29 is 5.11 Å². The Morgan fingerprint density at radius 1 is 1.21 bits per heavy atom. The lowest BCUT2D eigenvalue weighted by Gasteiger charge is -2.08. The van der Waals surface area contributed by atoms with Crippen LogP contribution < -0.4 is 0 Å². The number of aliphatic hydroxyl groups excluding tert-OH is 1. The molecule has 1 aromatic rings. The van der Waals surface area contributed by atoms with Gasteiger partial charge in [-0.25, -0.2) is 0 Å². The maximum absolute atomic E-state index is 9.74. The van der Waals surface area contributed by atoms with Crippen molar-refractivity contribution in [2.75, 3.05) is 0 Å². The van der Waals surface area contributed by atoms with Gasteiger partial charge in [-0.2, -0.15) is 0 Å². The van der Waals surface area contributed by atoms with Gasteiger partial charge in [0.15, 0.2) is 0 Å². The van der Waals surface area contributed by atoms with Crippen LogP contribution in [0.2, 0.25) is 0 Å². The van der Waals surface area contributed by atoms with Gasteiger partial charge < -0.3 is 5.11 Å². The van der Waals surface area contributed by atoms with Crippen molar-refractivity contribution in [3.05, 3.63) is 47.7 Å². The fourth-order valence-corrected chi connectivity index (χ4v) is 1.94. The van der Waals surface area contributed by atoms with E-state index in [0.717, 1.165) is 29.0 Å². The van der Waals surface area contributed by atoms with E-state index < -0.39 is 0 Å². The van der Waals surface area contributed by atoms with Crippen LogP contribution in [0.15, 0.2) is 47.2 Å². The number of nitrogens with zero attached hydrogens (tertiary/aromatic N) is 1. The van der Waals surface area contributed by atoms with E-state index in [-0.39, 0.29) is 0 Å². The second-order valence-electron chi connectivity index (χ2n) is 3.44. The summed E-state index contributed by atoms with van der Waals surface area (Å²) in [6, 6.07) is 7.90. The van der Waals surface area contributed by atoms with E-state index in [1.165, 1.54) is 0 Å². The lowest BCUT2D eigenvalue weighted by molar-refractivity contribution is 0.435. The van der Waals surface area contributed by atoms with Gasteiger partial charge in [0.05, 0.1) is 11.4 Å². The van der Waals surface area contributed by atoms with Gasteiger partial charge in [0, 0.05) is 17.6 Å². The molecule has 2 heteroatoms. The van der Waals surface area contributed by atoms with Crippen LogP contribution in [0.3, 0.4) is 0 Å². The maximum Gasteiger partial charge on any atom is 0.125 e. The van der Waals surface area contributed by atoms with Crippen LogP contribution in [0.4, 0.5) is 5.69 Å². The summed E-state index contributed by atoms with van der Waals surface area (Å²) in [6.45, 7) is 0. The molecule has 1 aliphatic carbocycles. The molecule has 0 fully saturated rings. The van der Waals surface area contributed by atoms with E-state index in [0.29, 0.717) is 5.76 Å². The van der Waals surface area contributed by atoms with Gasteiger partial charge >= 0.3 is 0 Å². The minimum atomic E-state index is 0.333. The summed E-state index contributed by atoms with van der Waals surface area (Å²) in [5.74, 6) is 0.333. The van der Waals surface area contributed by atoms with Crippen LogP contribution in [0.1, 0.15) is 12.0 Å². The number of hydrogen-bond acceptors (Lipinski definition) is 2. The lowest BCUT2D eigenvalue weighted by Crippen LogP contribution is -2.02.